The minimum absolute atomic E-state index is 0.860. The third-order valence-corrected chi connectivity index (χ3v) is 3.93. The van der Waals surface area contributed by atoms with E-state index in [4.69, 9.17) is 5.11 Å². The molecule has 21 heavy (non-hydrogen) atoms. The molecule has 0 aliphatic rings. The van der Waals surface area contributed by atoms with E-state index < -0.39 is 5.97 Å². The van der Waals surface area contributed by atoms with Crippen molar-refractivity contribution in [3.05, 3.63) is 58.1 Å². The maximum Gasteiger partial charge on any atom is 0.328 e. The molecule has 0 aliphatic carbocycles. The summed E-state index contributed by atoms with van der Waals surface area (Å²) >= 11 is 1.65. The maximum atomic E-state index is 10.5. The number of rotatable bonds is 7. The van der Waals surface area contributed by atoms with Crippen LogP contribution in [0.15, 0.2) is 41.9 Å². The first kappa shape index (κ1) is 15.4. The Morgan fingerprint density at radius 2 is 2.33 bits per heavy atom. The minimum Gasteiger partial charge on any atom is -0.478 e. The second-order valence-corrected chi connectivity index (χ2v) is 5.82. The summed E-state index contributed by atoms with van der Waals surface area (Å²) in [5.41, 5.74) is 2.04. The number of hydrogen-bond donors (Lipinski definition) is 1. The molecule has 0 bridgehead atoms. The van der Waals surface area contributed by atoms with Crippen LogP contribution in [0.3, 0.4) is 0 Å². The topological polar surface area (TPSA) is 53.4 Å². The standard InChI is InChI=1S/C16H18N2O2S/c1-18(9-7-14-4-2-3-8-17-14)11-15-10-13(12-21-15)5-6-16(19)20/h2-6,8,10,12H,7,9,11H2,1H3,(H,19,20). The Labute approximate surface area is 128 Å². The van der Waals surface area contributed by atoms with Gasteiger partial charge in [-0.1, -0.05) is 6.07 Å². The van der Waals surface area contributed by atoms with Crippen LogP contribution in [0.1, 0.15) is 16.1 Å². The fraction of sp³-hybridized carbons (Fsp3) is 0.250. The summed E-state index contributed by atoms with van der Waals surface area (Å²) in [6, 6.07) is 7.99. The number of aliphatic carboxylic acids is 1. The van der Waals surface area contributed by atoms with Crippen molar-refractivity contribution in [2.75, 3.05) is 13.6 Å². The molecule has 0 spiro atoms. The van der Waals surface area contributed by atoms with Gasteiger partial charge in [-0.2, -0.15) is 0 Å². The van der Waals surface area contributed by atoms with E-state index in [0.717, 1.165) is 36.8 Å². The van der Waals surface area contributed by atoms with E-state index in [0.29, 0.717) is 0 Å². The van der Waals surface area contributed by atoms with Crippen LogP contribution in [0.5, 0.6) is 0 Å². The smallest absolute Gasteiger partial charge is 0.328 e. The highest BCUT2D eigenvalue weighted by atomic mass is 32.1. The van der Waals surface area contributed by atoms with E-state index in [1.54, 1.807) is 17.4 Å². The summed E-state index contributed by atoms with van der Waals surface area (Å²) in [6.07, 6.45) is 5.52. The van der Waals surface area contributed by atoms with Gasteiger partial charge < -0.3 is 10.0 Å². The molecule has 0 fully saturated rings. The van der Waals surface area contributed by atoms with Crippen molar-refractivity contribution < 1.29 is 9.90 Å². The molecule has 0 saturated heterocycles. The Morgan fingerprint density at radius 1 is 1.48 bits per heavy atom. The van der Waals surface area contributed by atoms with E-state index in [1.807, 2.05) is 35.8 Å². The summed E-state index contributed by atoms with van der Waals surface area (Å²) in [6.45, 7) is 1.80. The molecule has 5 heteroatoms. The second kappa shape index (κ2) is 7.71. The van der Waals surface area contributed by atoms with Crippen molar-refractivity contribution in [3.8, 4) is 0 Å². The number of carboxylic acids is 1. The van der Waals surface area contributed by atoms with Crippen molar-refractivity contribution in [2.24, 2.45) is 0 Å². The monoisotopic (exact) mass is 302 g/mol. The van der Waals surface area contributed by atoms with Crippen LogP contribution in [-0.2, 0) is 17.8 Å². The fourth-order valence-electron chi connectivity index (χ4n) is 1.93. The molecule has 4 nitrogen and oxygen atoms in total. The van der Waals surface area contributed by atoms with E-state index in [1.165, 1.54) is 4.88 Å². The van der Waals surface area contributed by atoms with Gasteiger partial charge in [0.15, 0.2) is 0 Å². The second-order valence-electron chi connectivity index (χ2n) is 4.83. The average Bonchev–Trinajstić information content (AvgIpc) is 2.91. The number of pyridine rings is 1. The molecular formula is C16H18N2O2S. The molecule has 0 amide bonds. The molecule has 1 N–H and O–H groups in total. The summed E-state index contributed by atoms with van der Waals surface area (Å²) in [7, 11) is 2.08. The molecule has 0 atom stereocenters. The summed E-state index contributed by atoms with van der Waals surface area (Å²) in [5, 5.41) is 10.6. The number of hydrogen-bond acceptors (Lipinski definition) is 4. The van der Waals surface area contributed by atoms with E-state index in [9.17, 15) is 4.79 Å². The third kappa shape index (κ3) is 5.49. The third-order valence-electron chi connectivity index (χ3n) is 2.99. The van der Waals surface area contributed by atoms with Gasteiger partial charge in [0.1, 0.15) is 0 Å². The predicted molar refractivity (Wildman–Crippen MR) is 85.3 cm³/mol. The Hall–Kier alpha value is -1.98. The van der Waals surface area contributed by atoms with Crippen molar-refractivity contribution in [3.63, 3.8) is 0 Å². The lowest BCUT2D eigenvalue weighted by atomic mass is 10.2. The molecule has 0 radical (unpaired) electrons. The van der Waals surface area contributed by atoms with E-state index in [-0.39, 0.29) is 0 Å². The molecule has 2 aromatic rings. The summed E-state index contributed by atoms with van der Waals surface area (Å²) in [5.74, 6) is -0.921. The molecule has 0 saturated carbocycles. The zero-order valence-corrected chi connectivity index (χ0v) is 12.7. The fourth-order valence-corrected chi connectivity index (χ4v) is 2.87. The summed E-state index contributed by atoms with van der Waals surface area (Å²) < 4.78 is 0. The zero-order chi connectivity index (χ0) is 15.1. The van der Waals surface area contributed by atoms with Gasteiger partial charge in [-0.05, 0) is 42.3 Å². The quantitative estimate of drug-likeness (QED) is 0.799. The van der Waals surface area contributed by atoms with Gasteiger partial charge in [-0.3, -0.25) is 4.98 Å². The number of aromatic nitrogens is 1. The maximum absolute atomic E-state index is 10.5. The van der Waals surface area contributed by atoms with Crippen LogP contribution >= 0.6 is 11.3 Å². The zero-order valence-electron chi connectivity index (χ0n) is 11.9. The van der Waals surface area contributed by atoms with Crippen LogP contribution < -0.4 is 0 Å². The predicted octanol–water partition coefficient (Wildman–Crippen LogP) is 2.92. The van der Waals surface area contributed by atoms with Crippen LogP contribution in [0, 0.1) is 0 Å². The van der Waals surface area contributed by atoms with Gasteiger partial charge in [0, 0.05) is 42.4 Å². The van der Waals surface area contributed by atoms with Crippen molar-refractivity contribution >= 4 is 23.4 Å². The van der Waals surface area contributed by atoms with Crippen LogP contribution in [0.2, 0.25) is 0 Å². The van der Waals surface area contributed by atoms with Gasteiger partial charge in [0.2, 0.25) is 0 Å². The van der Waals surface area contributed by atoms with Gasteiger partial charge >= 0.3 is 5.97 Å². The minimum atomic E-state index is -0.921. The molecule has 0 aromatic carbocycles. The first-order chi connectivity index (χ1) is 10.1. The summed E-state index contributed by atoms with van der Waals surface area (Å²) in [4.78, 5) is 18.3. The lowest BCUT2D eigenvalue weighted by Crippen LogP contribution is -2.20. The van der Waals surface area contributed by atoms with Crippen molar-refractivity contribution in [2.45, 2.75) is 13.0 Å². The number of carboxylic acid groups (broad SMARTS) is 1. The molecule has 0 unspecified atom stereocenters. The average molecular weight is 302 g/mol. The molecule has 2 aromatic heterocycles. The lowest BCUT2D eigenvalue weighted by molar-refractivity contribution is -0.131. The Kier molecular flexibility index (Phi) is 5.66. The van der Waals surface area contributed by atoms with Crippen molar-refractivity contribution in [1.82, 2.24) is 9.88 Å². The highest BCUT2D eigenvalue weighted by Gasteiger charge is 2.04. The molecule has 0 aliphatic heterocycles. The first-order valence-electron chi connectivity index (χ1n) is 6.70. The number of thiophene rings is 1. The molecule has 110 valence electrons. The lowest BCUT2D eigenvalue weighted by Gasteiger charge is -2.14. The van der Waals surface area contributed by atoms with Crippen LogP contribution in [0.25, 0.3) is 6.08 Å². The Balaban J connectivity index is 1.82. The highest BCUT2D eigenvalue weighted by Crippen LogP contribution is 2.17. The largest absolute Gasteiger partial charge is 0.478 e. The van der Waals surface area contributed by atoms with Gasteiger partial charge in [0.25, 0.3) is 0 Å². The normalized spacial score (nSPS) is 11.3. The van der Waals surface area contributed by atoms with Gasteiger partial charge in [-0.25, -0.2) is 4.79 Å². The molecule has 2 rings (SSSR count). The number of carbonyl (C=O) groups is 1. The van der Waals surface area contributed by atoms with E-state index in [2.05, 4.69) is 16.9 Å². The van der Waals surface area contributed by atoms with Gasteiger partial charge in [0.05, 0.1) is 0 Å². The number of likely N-dealkylation sites (N-methyl/N-ethyl adjacent to an activating group) is 1. The van der Waals surface area contributed by atoms with Crippen LogP contribution in [0.4, 0.5) is 0 Å². The van der Waals surface area contributed by atoms with E-state index >= 15 is 0 Å². The number of nitrogens with zero attached hydrogens (tertiary/aromatic N) is 2. The first-order valence-corrected chi connectivity index (χ1v) is 7.58. The highest BCUT2D eigenvalue weighted by molar-refractivity contribution is 7.10. The molecule has 2 heterocycles. The molecular weight excluding hydrogens is 284 g/mol. The SMILES string of the molecule is CN(CCc1ccccn1)Cc1cc(C=CC(=O)O)cs1. The Bertz CT molecular complexity index is 608. The van der Waals surface area contributed by atoms with Gasteiger partial charge in [-0.15, -0.1) is 11.3 Å². The van der Waals surface area contributed by atoms with Crippen molar-refractivity contribution in [1.29, 1.82) is 0 Å². The van der Waals surface area contributed by atoms with Crippen LogP contribution in [-0.4, -0.2) is 34.6 Å². The Morgan fingerprint density at radius 3 is 3.05 bits per heavy atom.